The molecule has 0 atom stereocenters. The van der Waals surface area contributed by atoms with E-state index in [0.717, 1.165) is 10.4 Å². The maximum atomic E-state index is 12.3. The van der Waals surface area contributed by atoms with Crippen LogP contribution >= 0.6 is 23.1 Å². The summed E-state index contributed by atoms with van der Waals surface area (Å²) in [5.41, 5.74) is 0.911. The lowest BCUT2D eigenvalue weighted by atomic mass is 9.98. The lowest BCUT2D eigenvalue weighted by molar-refractivity contribution is -0.131. The number of amides is 1. The molecule has 3 nitrogen and oxygen atoms in total. The van der Waals surface area contributed by atoms with E-state index in [4.69, 9.17) is 5.11 Å². The van der Waals surface area contributed by atoms with E-state index in [-0.39, 0.29) is 12.5 Å². The van der Waals surface area contributed by atoms with Crippen LogP contribution in [0.1, 0.15) is 29.7 Å². The second-order valence-corrected chi connectivity index (χ2v) is 7.49. The molecule has 1 fully saturated rings. The van der Waals surface area contributed by atoms with Crippen molar-refractivity contribution in [2.24, 2.45) is 5.92 Å². The number of hydrogen-bond donors (Lipinski definition) is 1. The van der Waals surface area contributed by atoms with Gasteiger partial charge < -0.3 is 10.0 Å². The molecule has 114 valence electrons. The van der Waals surface area contributed by atoms with Gasteiger partial charge in [-0.3, -0.25) is 4.79 Å². The monoisotopic (exact) mass is 323 g/mol. The Hall–Kier alpha value is -0.960. The maximum absolute atomic E-state index is 12.3. The predicted octanol–water partition coefficient (Wildman–Crippen LogP) is 2.58. The number of nitrogens with zero attached hydrogens (tertiary/aromatic N) is 1. The van der Waals surface area contributed by atoms with Crippen LogP contribution in [0.15, 0.2) is 11.4 Å². The fraction of sp³-hybridized carbons (Fsp3) is 0.562. The van der Waals surface area contributed by atoms with Gasteiger partial charge in [-0.2, -0.15) is 11.8 Å². The Morgan fingerprint density at radius 1 is 1.48 bits per heavy atom. The third-order valence-corrected chi connectivity index (χ3v) is 5.56. The Morgan fingerprint density at radius 2 is 2.24 bits per heavy atom. The third kappa shape index (κ3) is 5.39. The summed E-state index contributed by atoms with van der Waals surface area (Å²) in [4.78, 5) is 15.2. The van der Waals surface area contributed by atoms with Gasteiger partial charge in [-0.15, -0.1) is 11.3 Å². The molecule has 21 heavy (non-hydrogen) atoms. The second kappa shape index (κ2) is 8.47. The van der Waals surface area contributed by atoms with Crippen LogP contribution in [-0.4, -0.2) is 41.1 Å². The molecule has 1 aliphatic heterocycles. The van der Waals surface area contributed by atoms with Crippen LogP contribution in [-0.2, 0) is 11.3 Å². The molecule has 2 rings (SSSR count). The van der Waals surface area contributed by atoms with Gasteiger partial charge >= 0.3 is 0 Å². The maximum Gasteiger partial charge on any atom is 0.222 e. The molecule has 0 bridgehead atoms. The molecule has 0 saturated carbocycles. The molecule has 0 spiro atoms. The van der Waals surface area contributed by atoms with Gasteiger partial charge in [0.1, 0.15) is 6.61 Å². The predicted molar refractivity (Wildman–Crippen MR) is 89.4 cm³/mol. The number of rotatable bonds is 4. The number of carbonyl (C=O) groups is 1. The molecular weight excluding hydrogens is 302 g/mol. The number of hydrogen-bond acceptors (Lipinski definition) is 4. The zero-order chi connectivity index (χ0) is 15.1. The molecule has 0 aromatic carbocycles. The van der Waals surface area contributed by atoms with Crippen molar-refractivity contribution in [3.05, 3.63) is 21.9 Å². The molecule has 0 unspecified atom stereocenters. The van der Waals surface area contributed by atoms with Crippen molar-refractivity contribution in [3.63, 3.8) is 0 Å². The molecule has 2 heterocycles. The fourth-order valence-corrected chi connectivity index (χ4v) is 4.42. The smallest absolute Gasteiger partial charge is 0.222 e. The lowest BCUT2D eigenvalue weighted by Crippen LogP contribution is -2.28. The number of thiophene rings is 1. The van der Waals surface area contributed by atoms with E-state index < -0.39 is 0 Å². The highest BCUT2D eigenvalue weighted by Crippen LogP contribution is 2.26. The van der Waals surface area contributed by atoms with Gasteiger partial charge in [-0.1, -0.05) is 11.8 Å². The van der Waals surface area contributed by atoms with Gasteiger partial charge in [0.05, 0.1) is 6.54 Å². The summed E-state index contributed by atoms with van der Waals surface area (Å²) >= 11 is 3.60. The van der Waals surface area contributed by atoms with E-state index in [2.05, 4.69) is 11.8 Å². The van der Waals surface area contributed by atoms with Crippen molar-refractivity contribution in [3.8, 4) is 11.8 Å². The SMILES string of the molecule is CN(Cc1cc(C#CCO)cs1)C(=O)CC1CCSCC1. The van der Waals surface area contributed by atoms with Gasteiger partial charge in [0, 0.05) is 29.3 Å². The molecule has 1 N–H and O–H groups in total. The minimum Gasteiger partial charge on any atom is -0.384 e. The van der Waals surface area contributed by atoms with E-state index in [9.17, 15) is 4.79 Å². The average molecular weight is 323 g/mol. The normalized spacial score (nSPS) is 15.3. The van der Waals surface area contributed by atoms with E-state index in [0.29, 0.717) is 18.9 Å². The van der Waals surface area contributed by atoms with Gasteiger partial charge in [-0.25, -0.2) is 0 Å². The van der Waals surface area contributed by atoms with E-state index >= 15 is 0 Å². The lowest BCUT2D eigenvalue weighted by Gasteiger charge is -2.23. The standard InChI is InChI=1S/C16H21NO2S2/c1-17(16(19)10-13-4-7-20-8-5-13)11-15-9-14(12-21-15)3-2-6-18/h9,12-13,18H,4-8,10-11H2,1H3. The molecule has 1 amide bonds. The molecular formula is C16H21NO2S2. The zero-order valence-corrected chi connectivity index (χ0v) is 13.9. The highest BCUT2D eigenvalue weighted by molar-refractivity contribution is 7.99. The van der Waals surface area contributed by atoms with Crippen LogP contribution < -0.4 is 0 Å². The van der Waals surface area contributed by atoms with Crippen molar-refractivity contribution in [1.29, 1.82) is 0 Å². The van der Waals surface area contributed by atoms with E-state index in [1.807, 2.05) is 35.2 Å². The summed E-state index contributed by atoms with van der Waals surface area (Å²) in [7, 11) is 1.87. The number of aliphatic hydroxyl groups excluding tert-OH is 1. The van der Waals surface area contributed by atoms with Gasteiger partial charge in [-0.05, 0) is 36.3 Å². The largest absolute Gasteiger partial charge is 0.384 e. The number of aliphatic hydroxyl groups is 1. The van der Waals surface area contributed by atoms with Crippen LogP contribution in [0.25, 0.3) is 0 Å². The third-order valence-electron chi connectivity index (χ3n) is 3.59. The van der Waals surface area contributed by atoms with Gasteiger partial charge in [0.2, 0.25) is 5.91 Å². The molecule has 5 heteroatoms. The quantitative estimate of drug-likeness (QED) is 0.866. The highest BCUT2D eigenvalue weighted by Gasteiger charge is 2.19. The first-order valence-electron chi connectivity index (χ1n) is 7.18. The Kier molecular flexibility index (Phi) is 6.62. The van der Waals surface area contributed by atoms with Crippen molar-refractivity contribution in [1.82, 2.24) is 4.90 Å². The van der Waals surface area contributed by atoms with Crippen molar-refractivity contribution < 1.29 is 9.90 Å². The average Bonchev–Trinajstić information content (AvgIpc) is 2.93. The summed E-state index contributed by atoms with van der Waals surface area (Å²) in [6.07, 6.45) is 3.02. The topological polar surface area (TPSA) is 40.5 Å². The van der Waals surface area contributed by atoms with Crippen LogP contribution in [0.2, 0.25) is 0 Å². The van der Waals surface area contributed by atoms with Crippen LogP contribution in [0.4, 0.5) is 0 Å². The van der Waals surface area contributed by atoms with Crippen molar-refractivity contribution in [2.75, 3.05) is 25.2 Å². The van der Waals surface area contributed by atoms with Gasteiger partial charge in [0.25, 0.3) is 0 Å². The molecule has 1 aromatic heterocycles. The summed E-state index contributed by atoms with van der Waals surface area (Å²) in [5, 5.41) is 10.7. The number of thioether (sulfide) groups is 1. The Morgan fingerprint density at radius 3 is 2.95 bits per heavy atom. The summed E-state index contributed by atoms with van der Waals surface area (Å²) < 4.78 is 0. The van der Waals surface area contributed by atoms with Crippen LogP contribution in [0, 0.1) is 17.8 Å². The minimum absolute atomic E-state index is 0.122. The molecule has 1 aliphatic rings. The molecule has 1 saturated heterocycles. The van der Waals surface area contributed by atoms with E-state index in [1.54, 1.807) is 11.3 Å². The second-order valence-electron chi connectivity index (χ2n) is 5.27. The first-order chi connectivity index (χ1) is 10.2. The highest BCUT2D eigenvalue weighted by atomic mass is 32.2. The first-order valence-corrected chi connectivity index (χ1v) is 9.21. The molecule has 0 aliphatic carbocycles. The van der Waals surface area contributed by atoms with Crippen LogP contribution in [0.5, 0.6) is 0 Å². The Labute approximate surface area is 134 Å². The summed E-state index contributed by atoms with van der Waals surface area (Å²) in [6, 6.07) is 1.99. The Balaban J connectivity index is 1.83. The zero-order valence-electron chi connectivity index (χ0n) is 12.3. The van der Waals surface area contributed by atoms with Crippen LogP contribution in [0.3, 0.4) is 0 Å². The van der Waals surface area contributed by atoms with Gasteiger partial charge in [0.15, 0.2) is 0 Å². The first kappa shape index (κ1) is 16.4. The van der Waals surface area contributed by atoms with Crippen molar-refractivity contribution in [2.45, 2.75) is 25.8 Å². The summed E-state index contributed by atoms with van der Waals surface area (Å²) in [6.45, 7) is 0.523. The van der Waals surface area contributed by atoms with E-state index in [1.165, 1.54) is 24.3 Å². The summed E-state index contributed by atoms with van der Waals surface area (Å²) in [5.74, 6) is 8.72. The Bertz CT molecular complexity index is 524. The molecule has 1 aromatic rings. The number of carbonyl (C=O) groups excluding carboxylic acids is 1. The fourth-order valence-electron chi connectivity index (χ4n) is 2.35. The van der Waals surface area contributed by atoms with Crippen molar-refractivity contribution >= 4 is 29.0 Å². The molecule has 0 radical (unpaired) electrons. The minimum atomic E-state index is -0.122.